The summed E-state index contributed by atoms with van der Waals surface area (Å²) in [5.74, 6) is 2.06. The van der Waals surface area contributed by atoms with E-state index in [4.69, 9.17) is 15.2 Å². The van der Waals surface area contributed by atoms with Gasteiger partial charge in [-0.25, -0.2) is 4.98 Å². The highest BCUT2D eigenvalue weighted by Crippen LogP contribution is 2.33. The molecule has 1 aromatic carbocycles. The van der Waals surface area contributed by atoms with Gasteiger partial charge in [0.05, 0.1) is 12.3 Å². The zero-order valence-corrected chi connectivity index (χ0v) is 14.1. The minimum absolute atomic E-state index is 0.496. The summed E-state index contributed by atoms with van der Waals surface area (Å²) >= 11 is 0. The first-order valence-electron chi connectivity index (χ1n) is 7.87. The molecule has 5 heteroatoms. The quantitative estimate of drug-likeness (QED) is 0.811. The second-order valence-corrected chi connectivity index (χ2v) is 5.61. The zero-order chi connectivity index (χ0) is 16.7. The maximum absolute atomic E-state index is 5.88. The Labute approximate surface area is 138 Å². The van der Waals surface area contributed by atoms with Crippen LogP contribution in [0.15, 0.2) is 36.4 Å². The Morgan fingerprint density at radius 2 is 1.91 bits per heavy atom. The van der Waals surface area contributed by atoms with Gasteiger partial charge in [-0.1, -0.05) is 13.0 Å². The van der Waals surface area contributed by atoms with Crippen LogP contribution in [0.4, 0.5) is 5.82 Å². The Morgan fingerprint density at radius 1 is 1.09 bits per heavy atom. The van der Waals surface area contributed by atoms with E-state index in [1.165, 1.54) is 0 Å². The molecule has 1 aromatic heterocycles. The van der Waals surface area contributed by atoms with Gasteiger partial charge in [0.2, 0.25) is 0 Å². The zero-order valence-electron chi connectivity index (χ0n) is 14.1. The molecule has 0 aliphatic heterocycles. The largest absolute Gasteiger partial charge is 0.493 e. The van der Waals surface area contributed by atoms with Crippen LogP contribution < -0.4 is 15.2 Å². The summed E-state index contributed by atoms with van der Waals surface area (Å²) < 4.78 is 11.7. The van der Waals surface area contributed by atoms with Crippen LogP contribution in [-0.2, 0) is 0 Å². The minimum atomic E-state index is 0.496. The van der Waals surface area contributed by atoms with E-state index in [0.29, 0.717) is 19.0 Å². The van der Waals surface area contributed by atoms with Crippen molar-refractivity contribution in [2.45, 2.75) is 13.3 Å². The summed E-state index contributed by atoms with van der Waals surface area (Å²) in [6.07, 6.45) is 0.940. The number of ether oxygens (including phenoxy) is 2. The van der Waals surface area contributed by atoms with E-state index in [-0.39, 0.29) is 0 Å². The Bertz CT molecular complexity index is 629. The fourth-order valence-electron chi connectivity index (χ4n) is 2.08. The predicted octanol–water partition coefficient (Wildman–Crippen LogP) is 3.06. The number of likely N-dealkylation sites (N-methyl/N-ethyl adjacent to an activating group) is 1. The number of nitrogens with two attached hydrogens (primary N) is 1. The molecule has 5 nitrogen and oxygen atoms in total. The van der Waals surface area contributed by atoms with Crippen molar-refractivity contribution in [2.24, 2.45) is 0 Å². The normalized spacial score (nSPS) is 10.8. The molecule has 0 fully saturated rings. The first-order chi connectivity index (χ1) is 11.1. The molecule has 0 atom stereocenters. The van der Waals surface area contributed by atoms with Gasteiger partial charge < -0.3 is 20.1 Å². The Balaban J connectivity index is 2.23. The minimum Gasteiger partial charge on any atom is -0.493 e. The monoisotopic (exact) mass is 315 g/mol. The van der Waals surface area contributed by atoms with Crippen molar-refractivity contribution in [2.75, 3.05) is 39.6 Å². The highest BCUT2D eigenvalue weighted by atomic mass is 16.5. The van der Waals surface area contributed by atoms with Gasteiger partial charge >= 0.3 is 0 Å². The maximum atomic E-state index is 5.88. The van der Waals surface area contributed by atoms with Crippen LogP contribution in [-0.4, -0.2) is 43.7 Å². The van der Waals surface area contributed by atoms with Gasteiger partial charge in [-0.15, -0.1) is 0 Å². The maximum Gasteiger partial charge on any atom is 0.132 e. The first-order valence-corrected chi connectivity index (χ1v) is 7.87. The molecule has 0 saturated carbocycles. The molecule has 0 bridgehead atoms. The van der Waals surface area contributed by atoms with Gasteiger partial charge in [0.1, 0.15) is 23.9 Å². The second kappa shape index (κ2) is 8.39. The van der Waals surface area contributed by atoms with Gasteiger partial charge in [-0.05, 0) is 44.8 Å². The lowest BCUT2D eigenvalue weighted by atomic mass is 10.1. The Hall–Kier alpha value is -2.27. The summed E-state index contributed by atoms with van der Waals surface area (Å²) in [7, 11) is 4.04. The Kier molecular flexibility index (Phi) is 6.23. The summed E-state index contributed by atoms with van der Waals surface area (Å²) in [6, 6.07) is 11.4. The summed E-state index contributed by atoms with van der Waals surface area (Å²) in [5.41, 5.74) is 7.51. The molecular formula is C18H25N3O2. The molecule has 0 amide bonds. The number of pyridine rings is 1. The van der Waals surface area contributed by atoms with Crippen LogP contribution in [0.2, 0.25) is 0 Å². The lowest BCUT2D eigenvalue weighted by Gasteiger charge is -2.15. The molecule has 2 N–H and O–H groups in total. The summed E-state index contributed by atoms with van der Waals surface area (Å²) in [4.78, 5) is 6.46. The number of benzene rings is 1. The number of hydrogen-bond donors (Lipinski definition) is 1. The second-order valence-electron chi connectivity index (χ2n) is 5.61. The van der Waals surface area contributed by atoms with Gasteiger partial charge in [-0.2, -0.15) is 0 Å². The molecule has 2 aromatic rings. The van der Waals surface area contributed by atoms with E-state index in [1.807, 2.05) is 44.4 Å². The van der Waals surface area contributed by atoms with E-state index in [1.54, 1.807) is 6.07 Å². The van der Waals surface area contributed by atoms with E-state index in [9.17, 15) is 0 Å². The highest BCUT2D eigenvalue weighted by molar-refractivity contribution is 5.69. The molecule has 23 heavy (non-hydrogen) atoms. The molecular weight excluding hydrogens is 290 g/mol. The number of rotatable bonds is 8. The molecule has 0 aliphatic carbocycles. The topological polar surface area (TPSA) is 60.6 Å². The van der Waals surface area contributed by atoms with E-state index in [0.717, 1.165) is 35.7 Å². The van der Waals surface area contributed by atoms with E-state index < -0.39 is 0 Å². The van der Waals surface area contributed by atoms with Crippen molar-refractivity contribution in [3.05, 3.63) is 36.4 Å². The van der Waals surface area contributed by atoms with Gasteiger partial charge in [0.15, 0.2) is 0 Å². The number of anilines is 1. The lowest BCUT2D eigenvalue weighted by molar-refractivity contribution is 0.259. The SMILES string of the molecule is CCCOc1cc(OCCN(C)C)ccc1-c1cccc(N)n1. The van der Waals surface area contributed by atoms with Crippen molar-refractivity contribution in [1.29, 1.82) is 0 Å². The molecule has 0 aliphatic rings. The van der Waals surface area contributed by atoms with Crippen LogP contribution in [0.25, 0.3) is 11.3 Å². The molecule has 0 spiro atoms. The fraction of sp³-hybridized carbons (Fsp3) is 0.389. The Morgan fingerprint density at radius 3 is 2.61 bits per heavy atom. The van der Waals surface area contributed by atoms with Crippen molar-refractivity contribution < 1.29 is 9.47 Å². The lowest BCUT2D eigenvalue weighted by Crippen LogP contribution is -2.19. The molecule has 0 unspecified atom stereocenters. The molecule has 124 valence electrons. The number of nitrogen functional groups attached to an aromatic ring is 1. The van der Waals surface area contributed by atoms with Crippen LogP contribution in [0, 0.1) is 0 Å². The molecule has 1 heterocycles. The summed E-state index contributed by atoms with van der Waals surface area (Å²) in [5, 5.41) is 0. The molecule has 0 saturated heterocycles. The molecule has 2 rings (SSSR count). The van der Waals surface area contributed by atoms with Crippen LogP contribution >= 0.6 is 0 Å². The van der Waals surface area contributed by atoms with Crippen molar-refractivity contribution in [1.82, 2.24) is 9.88 Å². The fourth-order valence-corrected chi connectivity index (χ4v) is 2.08. The van der Waals surface area contributed by atoms with Crippen LogP contribution in [0.1, 0.15) is 13.3 Å². The van der Waals surface area contributed by atoms with E-state index in [2.05, 4.69) is 16.8 Å². The average molecular weight is 315 g/mol. The number of hydrogen-bond acceptors (Lipinski definition) is 5. The van der Waals surface area contributed by atoms with Crippen molar-refractivity contribution in [3.8, 4) is 22.8 Å². The standard InChI is InChI=1S/C18H25N3O2/c1-4-11-23-17-13-14(22-12-10-21(2)3)8-9-15(17)16-6-5-7-18(19)20-16/h5-9,13H,4,10-12H2,1-3H3,(H2,19,20). The average Bonchev–Trinajstić information content (AvgIpc) is 2.52. The summed E-state index contributed by atoms with van der Waals surface area (Å²) in [6.45, 7) is 4.23. The first kappa shape index (κ1) is 17.1. The van der Waals surface area contributed by atoms with Crippen molar-refractivity contribution in [3.63, 3.8) is 0 Å². The third kappa shape index (κ3) is 5.14. The highest BCUT2D eigenvalue weighted by Gasteiger charge is 2.10. The van der Waals surface area contributed by atoms with Crippen molar-refractivity contribution >= 4 is 5.82 Å². The van der Waals surface area contributed by atoms with Gasteiger partial charge in [0.25, 0.3) is 0 Å². The predicted molar refractivity (Wildman–Crippen MR) is 93.9 cm³/mol. The third-order valence-corrected chi connectivity index (χ3v) is 3.27. The van der Waals surface area contributed by atoms with Gasteiger partial charge in [0, 0.05) is 18.2 Å². The van der Waals surface area contributed by atoms with Crippen LogP contribution in [0.5, 0.6) is 11.5 Å². The molecule has 0 radical (unpaired) electrons. The number of aromatic nitrogens is 1. The van der Waals surface area contributed by atoms with Gasteiger partial charge in [-0.3, -0.25) is 0 Å². The van der Waals surface area contributed by atoms with Crippen LogP contribution in [0.3, 0.4) is 0 Å². The van der Waals surface area contributed by atoms with E-state index >= 15 is 0 Å². The number of nitrogens with zero attached hydrogens (tertiary/aromatic N) is 2. The smallest absolute Gasteiger partial charge is 0.132 e. The third-order valence-electron chi connectivity index (χ3n) is 3.27.